The van der Waals surface area contributed by atoms with Crippen LogP contribution >= 0.6 is 11.3 Å². The first kappa shape index (κ1) is 39.6. The van der Waals surface area contributed by atoms with Crippen LogP contribution in [0.25, 0.3) is 82.7 Å². The molecule has 2 unspecified atom stereocenters. The molecule has 0 radical (unpaired) electrons. The number of furan rings is 1. The fraction of sp³-hybridized carbons (Fsp3) is 0.127. The molecule has 3 aliphatic rings. The summed E-state index contributed by atoms with van der Waals surface area (Å²) in [6, 6.07) is 34.0. The van der Waals surface area contributed by atoms with Crippen molar-refractivity contribution < 1.29 is 9.15 Å². The van der Waals surface area contributed by atoms with Gasteiger partial charge in [0, 0.05) is 56.1 Å². The van der Waals surface area contributed by atoms with Crippen LogP contribution in [-0.4, -0.2) is 27.7 Å². The molecule has 4 heterocycles. The largest absolute Gasteiger partial charge is 0.455 e. The number of methoxy groups -OCH3 is 1. The lowest BCUT2D eigenvalue weighted by molar-refractivity contribution is 0.118. The Balaban J connectivity index is 0.000000637. The van der Waals surface area contributed by atoms with Crippen LogP contribution in [0.2, 0.25) is 0 Å². The first-order valence-corrected chi connectivity index (χ1v) is 21.7. The molecule has 0 fully saturated rings. The molecule has 0 amide bonds. The van der Waals surface area contributed by atoms with E-state index in [-0.39, 0.29) is 12.0 Å². The van der Waals surface area contributed by atoms with Gasteiger partial charge in [0.15, 0.2) is 0 Å². The summed E-state index contributed by atoms with van der Waals surface area (Å²) in [4.78, 5) is 10.7. The van der Waals surface area contributed by atoms with E-state index in [9.17, 15) is 0 Å². The summed E-state index contributed by atoms with van der Waals surface area (Å²) in [7, 11) is 1.78. The van der Waals surface area contributed by atoms with Gasteiger partial charge < -0.3 is 9.15 Å². The minimum Gasteiger partial charge on any atom is -0.455 e. The van der Waals surface area contributed by atoms with Crippen molar-refractivity contribution in [2.75, 3.05) is 7.11 Å². The maximum absolute atomic E-state index is 6.54. The Labute approximate surface area is 361 Å². The summed E-state index contributed by atoms with van der Waals surface area (Å²) in [5, 5.41) is 3.39. The fourth-order valence-electron chi connectivity index (χ4n) is 8.80. The van der Waals surface area contributed by atoms with Crippen molar-refractivity contribution in [3.63, 3.8) is 0 Å². The van der Waals surface area contributed by atoms with Crippen LogP contribution in [0.3, 0.4) is 0 Å². The number of hydrogen-bond acceptors (Lipinski definition) is 5. The summed E-state index contributed by atoms with van der Waals surface area (Å²) >= 11 is 1.75. The average molecular weight is 814 g/mol. The zero-order valence-corrected chi connectivity index (χ0v) is 35.7. The highest BCUT2D eigenvalue weighted by molar-refractivity contribution is 7.26. The van der Waals surface area contributed by atoms with Crippen LogP contribution in [0.5, 0.6) is 0 Å². The molecule has 4 aromatic heterocycles. The summed E-state index contributed by atoms with van der Waals surface area (Å²) in [5.41, 5.74) is 13.1. The zero-order chi connectivity index (χ0) is 42.0. The van der Waals surface area contributed by atoms with Crippen molar-refractivity contribution in [3.05, 3.63) is 199 Å². The molecular weight excluding hydrogens is 767 g/mol. The maximum atomic E-state index is 6.54. The third kappa shape index (κ3) is 6.78. The molecule has 0 aliphatic heterocycles. The van der Waals surface area contributed by atoms with Crippen LogP contribution < -0.4 is 0 Å². The van der Waals surface area contributed by atoms with Gasteiger partial charge in [0.1, 0.15) is 11.3 Å². The second-order valence-corrected chi connectivity index (χ2v) is 15.8. The number of fused-ring (bicyclic) bond motifs is 9. The Bertz CT molecular complexity index is 3180. The Morgan fingerprint density at radius 3 is 2.44 bits per heavy atom. The summed E-state index contributed by atoms with van der Waals surface area (Å²) < 4.78 is 16.9. The van der Waals surface area contributed by atoms with E-state index in [2.05, 4.69) is 151 Å². The highest BCUT2D eigenvalue weighted by Gasteiger charge is 2.39. The Morgan fingerprint density at radius 2 is 1.67 bits per heavy atom. The molecule has 6 heteroatoms. The van der Waals surface area contributed by atoms with Crippen LogP contribution in [0.1, 0.15) is 48.9 Å². The predicted molar refractivity (Wildman–Crippen MR) is 260 cm³/mol. The van der Waals surface area contributed by atoms with E-state index in [4.69, 9.17) is 19.1 Å². The van der Waals surface area contributed by atoms with E-state index in [1.165, 1.54) is 32.5 Å². The van der Waals surface area contributed by atoms with Gasteiger partial charge in [-0.1, -0.05) is 161 Å². The van der Waals surface area contributed by atoms with E-state index in [1.807, 2.05) is 45.1 Å². The number of allylic oxidation sites excluding steroid dienone is 9. The number of thiophene rings is 1. The van der Waals surface area contributed by atoms with Gasteiger partial charge in [-0.2, -0.15) is 0 Å². The molecule has 61 heavy (non-hydrogen) atoms. The van der Waals surface area contributed by atoms with Gasteiger partial charge in [-0.3, -0.25) is 4.57 Å². The second-order valence-electron chi connectivity index (χ2n) is 14.8. The lowest BCUT2D eigenvalue weighted by atomic mass is 9.80. The lowest BCUT2D eigenvalue weighted by Gasteiger charge is -2.28. The van der Waals surface area contributed by atoms with Crippen molar-refractivity contribution in [1.82, 2.24) is 14.5 Å². The van der Waals surface area contributed by atoms with Crippen LogP contribution in [0, 0.1) is 5.92 Å². The van der Waals surface area contributed by atoms with Crippen LogP contribution in [0.4, 0.5) is 0 Å². The quantitative estimate of drug-likeness (QED) is 0.143. The molecular formula is C55H47N3O2S. The van der Waals surface area contributed by atoms with Gasteiger partial charge >= 0.3 is 0 Å². The molecule has 2 atom stereocenters. The third-order valence-corrected chi connectivity index (χ3v) is 12.6. The maximum Gasteiger partial charge on any atom is 0.235 e. The molecule has 11 rings (SSSR count). The molecule has 3 aliphatic carbocycles. The van der Waals surface area contributed by atoms with Crippen molar-refractivity contribution in [2.45, 2.75) is 33.3 Å². The summed E-state index contributed by atoms with van der Waals surface area (Å²) in [6.07, 6.45) is 23.7. The smallest absolute Gasteiger partial charge is 0.235 e. The number of aromatic nitrogens is 3. The van der Waals surface area contributed by atoms with Crippen molar-refractivity contribution in [2.24, 2.45) is 5.92 Å². The number of nitrogens with zero attached hydrogens (tertiary/aromatic N) is 3. The first-order chi connectivity index (χ1) is 30.1. The van der Waals surface area contributed by atoms with Gasteiger partial charge in [-0.15, -0.1) is 11.3 Å². The van der Waals surface area contributed by atoms with Crippen LogP contribution in [0.15, 0.2) is 175 Å². The van der Waals surface area contributed by atoms with E-state index in [0.717, 1.165) is 72.2 Å². The van der Waals surface area contributed by atoms with Crippen molar-refractivity contribution in [3.8, 4) is 17.2 Å². The average Bonchev–Trinajstić information content (AvgIpc) is 4.06. The Kier molecular flexibility index (Phi) is 11.0. The van der Waals surface area contributed by atoms with Crippen molar-refractivity contribution >= 4 is 76.8 Å². The van der Waals surface area contributed by atoms with Crippen LogP contribution in [-0.2, 0) is 11.2 Å². The lowest BCUT2D eigenvalue weighted by Crippen LogP contribution is -2.24. The first-order valence-electron chi connectivity index (χ1n) is 20.9. The third-order valence-electron chi connectivity index (χ3n) is 11.4. The Hall–Kier alpha value is -6.86. The van der Waals surface area contributed by atoms with Gasteiger partial charge in [0.05, 0.1) is 33.2 Å². The second kappa shape index (κ2) is 17.0. The standard InChI is InChI=1S/C48H33N3O2S.C5H8.C2H6/c1-3-30-31-16-7-9-20-38(31)51(48-49-44(29-14-5-4-6-15-29)47-45(50-48)33-17-8-10-22-41(33)54-47)37(30)21-11-13-28-23-25-40-36(27-28)43-34-19-12-18-32-39(52-2)26-24-35(42(32)34)46(43)53-40;1-3-5-4-2;1-2/h3-12,14-27,32,39H,1,13H2,2H3;3-5H,1H2,2H3;1-2H3/b21-11-;5-4-;. The molecule has 0 saturated heterocycles. The highest BCUT2D eigenvalue weighted by Crippen LogP contribution is 2.53. The number of benzene rings is 4. The minimum absolute atomic E-state index is 0.0255. The molecule has 8 aromatic rings. The molecule has 0 N–H and O–H groups in total. The summed E-state index contributed by atoms with van der Waals surface area (Å²) in [6.45, 7) is 13.7. The van der Waals surface area contributed by atoms with E-state index < -0.39 is 0 Å². The number of ether oxygens (including phenoxy) is 1. The van der Waals surface area contributed by atoms with Crippen molar-refractivity contribution in [1.29, 1.82) is 0 Å². The fourth-order valence-corrected chi connectivity index (χ4v) is 9.95. The van der Waals surface area contributed by atoms with E-state index >= 15 is 0 Å². The van der Waals surface area contributed by atoms with E-state index in [0.29, 0.717) is 5.95 Å². The molecule has 0 spiro atoms. The number of hydrogen-bond donors (Lipinski definition) is 0. The molecule has 5 nitrogen and oxygen atoms in total. The minimum atomic E-state index is 0.0255. The monoisotopic (exact) mass is 813 g/mol. The molecule has 300 valence electrons. The SMILES string of the molecule is C=C/C=C\C.C=Cc1c(/C=C\Cc2ccc3oc4c(c3c2)C2=CC=CC3C2=C4C=CC3OC)n(-c2nc(-c3ccccc3)c3sc4ccccc4c3n2)c2ccccc12.CC. The van der Waals surface area contributed by atoms with E-state index in [1.54, 1.807) is 24.5 Å². The van der Waals surface area contributed by atoms with Gasteiger partial charge in [0.2, 0.25) is 5.95 Å². The molecule has 0 bridgehead atoms. The van der Waals surface area contributed by atoms with Gasteiger partial charge in [0.25, 0.3) is 0 Å². The predicted octanol–water partition coefficient (Wildman–Crippen LogP) is 14.8. The van der Waals surface area contributed by atoms with Gasteiger partial charge in [-0.05, 0) is 60.4 Å². The Morgan fingerprint density at radius 1 is 0.885 bits per heavy atom. The van der Waals surface area contributed by atoms with Gasteiger partial charge in [-0.25, -0.2) is 9.97 Å². The topological polar surface area (TPSA) is 53.1 Å². The molecule has 4 aromatic carbocycles. The zero-order valence-electron chi connectivity index (χ0n) is 34.9. The number of para-hydroxylation sites is 1. The summed E-state index contributed by atoms with van der Waals surface area (Å²) in [5.74, 6) is 1.79. The highest BCUT2D eigenvalue weighted by atomic mass is 32.1. The molecule has 0 saturated carbocycles. The normalized spacial score (nSPS) is 16.2. The number of rotatable bonds is 8.